The van der Waals surface area contributed by atoms with E-state index >= 15 is 0 Å². The Morgan fingerprint density at radius 2 is 2.22 bits per heavy atom. The summed E-state index contributed by atoms with van der Waals surface area (Å²) in [5, 5.41) is 10.9. The number of hydrogen-bond acceptors (Lipinski definition) is 1. The van der Waals surface area contributed by atoms with Crippen molar-refractivity contribution in [2.24, 2.45) is 0 Å². The summed E-state index contributed by atoms with van der Waals surface area (Å²) in [6.07, 6.45) is 0.0549. The quantitative estimate of drug-likeness (QED) is 0.541. The highest BCUT2D eigenvalue weighted by atomic mass is 35.5. The van der Waals surface area contributed by atoms with Crippen molar-refractivity contribution in [1.29, 1.82) is 0 Å². The second-order valence-corrected chi connectivity index (χ2v) is 1.60. The lowest BCUT2D eigenvalue weighted by atomic mass is 10.3. The molecule has 0 aromatic heterocycles. The van der Waals surface area contributed by atoms with E-state index in [1.54, 1.807) is 0 Å². The van der Waals surface area contributed by atoms with E-state index in [1.807, 2.05) is 6.92 Å². The van der Waals surface area contributed by atoms with Crippen LogP contribution < -0.4 is 0 Å². The van der Waals surface area contributed by atoms with Gasteiger partial charge in [-0.1, -0.05) is 12.8 Å². The van der Waals surface area contributed by atoms with Crippen LogP contribution >= 0.6 is 11.6 Å². The summed E-state index contributed by atoms with van der Waals surface area (Å²) in [4.78, 5) is 0. The molecular formula is C7H7ClO. The smallest absolute Gasteiger partial charge is 0.115 e. The molecule has 0 aliphatic heterocycles. The van der Waals surface area contributed by atoms with E-state index in [4.69, 9.17) is 16.7 Å². The molecule has 0 saturated heterocycles. The molecular weight excluding hydrogens is 136 g/mol. The van der Waals surface area contributed by atoms with Gasteiger partial charge in [-0.2, -0.15) is 0 Å². The summed E-state index contributed by atoms with van der Waals surface area (Å²) in [5.74, 6) is 7.18. The molecule has 0 aromatic rings. The summed E-state index contributed by atoms with van der Waals surface area (Å²) >= 11 is 4.98. The predicted molar refractivity (Wildman–Crippen MR) is 37.7 cm³/mol. The molecule has 9 heavy (non-hydrogen) atoms. The summed E-state index contributed by atoms with van der Waals surface area (Å²) in [5.41, 5.74) is 0. The summed E-state index contributed by atoms with van der Waals surface area (Å²) in [6, 6.07) is 0. The Bertz CT molecular complexity index is 177. The Morgan fingerprint density at radius 1 is 1.56 bits per heavy atom. The van der Waals surface area contributed by atoms with Gasteiger partial charge in [0, 0.05) is 11.3 Å². The Hall–Kier alpha value is -0.630. The van der Waals surface area contributed by atoms with Gasteiger partial charge in [-0.05, 0) is 23.9 Å². The van der Waals surface area contributed by atoms with E-state index in [1.165, 1.54) is 0 Å². The van der Waals surface area contributed by atoms with Crippen LogP contribution in [0.25, 0.3) is 0 Å². The lowest BCUT2D eigenvalue weighted by Gasteiger charge is -1.91. The second-order valence-electron chi connectivity index (χ2n) is 1.41. The SMILES string of the molecule is CCC(O)C#CC#CCl. The number of rotatable bonds is 1. The van der Waals surface area contributed by atoms with E-state index in [-0.39, 0.29) is 0 Å². The van der Waals surface area contributed by atoms with Crippen LogP contribution in [-0.4, -0.2) is 11.2 Å². The van der Waals surface area contributed by atoms with Crippen LogP contribution in [-0.2, 0) is 0 Å². The van der Waals surface area contributed by atoms with E-state index < -0.39 is 6.10 Å². The number of halogens is 1. The molecule has 0 heterocycles. The van der Waals surface area contributed by atoms with Crippen LogP contribution in [0.15, 0.2) is 0 Å². The van der Waals surface area contributed by atoms with Gasteiger partial charge in [-0.15, -0.1) is 0 Å². The highest BCUT2D eigenvalue weighted by molar-refractivity contribution is 6.30. The number of aliphatic hydroxyl groups is 1. The monoisotopic (exact) mass is 142 g/mol. The Morgan fingerprint density at radius 3 is 2.67 bits per heavy atom. The molecule has 1 N–H and O–H groups in total. The maximum absolute atomic E-state index is 8.80. The Balaban J connectivity index is 3.67. The van der Waals surface area contributed by atoms with Crippen LogP contribution in [0.4, 0.5) is 0 Å². The molecule has 0 rings (SSSR count). The average molecular weight is 143 g/mol. The Labute approximate surface area is 60.0 Å². The zero-order valence-corrected chi connectivity index (χ0v) is 5.87. The molecule has 1 nitrogen and oxygen atoms in total. The molecule has 48 valence electrons. The van der Waals surface area contributed by atoms with Crippen LogP contribution in [0.3, 0.4) is 0 Å². The third kappa shape index (κ3) is 5.24. The van der Waals surface area contributed by atoms with Crippen LogP contribution in [0.5, 0.6) is 0 Å². The van der Waals surface area contributed by atoms with Crippen molar-refractivity contribution in [1.82, 2.24) is 0 Å². The van der Waals surface area contributed by atoms with E-state index in [9.17, 15) is 0 Å². The van der Waals surface area contributed by atoms with Crippen molar-refractivity contribution in [2.45, 2.75) is 19.4 Å². The number of hydrogen-bond donors (Lipinski definition) is 1. The Kier molecular flexibility index (Phi) is 5.12. The normalized spacial score (nSPS) is 10.1. The molecule has 0 saturated carbocycles. The highest BCUT2D eigenvalue weighted by Crippen LogP contribution is 1.83. The first-order chi connectivity index (χ1) is 4.31. The largest absolute Gasteiger partial charge is 0.380 e. The van der Waals surface area contributed by atoms with Crippen molar-refractivity contribution in [3.63, 3.8) is 0 Å². The van der Waals surface area contributed by atoms with Crippen LogP contribution in [0.1, 0.15) is 13.3 Å². The van der Waals surface area contributed by atoms with Crippen molar-refractivity contribution in [3.8, 4) is 23.1 Å². The molecule has 0 bridgehead atoms. The van der Waals surface area contributed by atoms with Gasteiger partial charge in [0.2, 0.25) is 0 Å². The fraction of sp³-hybridized carbons (Fsp3) is 0.429. The van der Waals surface area contributed by atoms with Gasteiger partial charge >= 0.3 is 0 Å². The fourth-order valence-electron chi connectivity index (χ4n) is 0.245. The van der Waals surface area contributed by atoms with Gasteiger partial charge in [0.15, 0.2) is 0 Å². The molecule has 0 aliphatic rings. The zero-order chi connectivity index (χ0) is 7.11. The fourth-order valence-corrected chi connectivity index (χ4v) is 0.292. The van der Waals surface area contributed by atoms with Crippen molar-refractivity contribution >= 4 is 11.6 Å². The molecule has 0 aromatic carbocycles. The molecule has 1 unspecified atom stereocenters. The van der Waals surface area contributed by atoms with Crippen LogP contribution in [0, 0.1) is 23.1 Å². The summed E-state index contributed by atoms with van der Waals surface area (Å²) in [7, 11) is 0. The topological polar surface area (TPSA) is 20.2 Å². The first-order valence-electron chi connectivity index (χ1n) is 2.60. The zero-order valence-electron chi connectivity index (χ0n) is 5.11. The maximum atomic E-state index is 8.80. The minimum Gasteiger partial charge on any atom is -0.380 e. The van der Waals surface area contributed by atoms with Gasteiger partial charge in [0.25, 0.3) is 0 Å². The third-order valence-electron chi connectivity index (χ3n) is 0.735. The molecule has 0 spiro atoms. The van der Waals surface area contributed by atoms with Gasteiger partial charge in [0.05, 0.1) is 0 Å². The third-order valence-corrected chi connectivity index (χ3v) is 0.830. The van der Waals surface area contributed by atoms with Crippen LogP contribution in [0.2, 0.25) is 0 Å². The van der Waals surface area contributed by atoms with E-state index in [2.05, 4.69) is 23.1 Å². The van der Waals surface area contributed by atoms with Gasteiger partial charge in [-0.25, -0.2) is 0 Å². The standard InChI is InChI=1S/C7H7ClO/c1-2-7(9)5-3-4-6-8/h7,9H,2H2,1H3. The first kappa shape index (κ1) is 8.37. The lowest BCUT2D eigenvalue weighted by Crippen LogP contribution is -1.98. The predicted octanol–water partition coefficient (Wildman–Crippen LogP) is 0.960. The lowest BCUT2D eigenvalue weighted by molar-refractivity contribution is 0.228. The first-order valence-corrected chi connectivity index (χ1v) is 2.98. The average Bonchev–Trinajstić information content (AvgIpc) is 1.89. The molecule has 0 aliphatic carbocycles. The van der Waals surface area contributed by atoms with Crippen molar-refractivity contribution < 1.29 is 5.11 Å². The maximum Gasteiger partial charge on any atom is 0.115 e. The van der Waals surface area contributed by atoms with Crippen molar-refractivity contribution in [3.05, 3.63) is 0 Å². The molecule has 0 fully saturated rings. The summed E-state index contributed by atoms with van der Waals surface area (Å²) < 4.78 is 0. The van der Waals surface area contributed by atoms with Gasteiger partial charge < -0.3 is 5.11 Å². The summed E-state index contributed by atoms with van der Waals surface area (Å²) in [6.45, 7) is 1.84. The van der Waals surface area contributed by atoms with Crippen molar-refractivity contribution in [2.75, 3.05) is 0 Å². The van der Waals surface area contributed by atoms with Gasteiger partial charge in [-0.3, -0.25) is 0 Å². The van der Waals surface area contributed by atoms with Gasteiger partial charge in [0.1, 0.15) is 6.10 Å². The highest BCUT2D eigenvalue weighted by Gasteiger charge is 1.88. The molecule has 2 heteroatoms. The minimum atomic E-state index is -0.567. The molecule has 0 amide bonds. The second kappa shape index (κ2) is 5.51. The molecule has 0 radical (unpaired) electrons. The van der Waals surface area contributed by atoms with E-state index in [0.717, 1.165) is 0 Å². The molecule has 1 atom stereocenters. The van der Waals surface area contributed by atoms with E-state index in [0.29, 0.717) is 6.42 Å². The number of aliphatic hydroxyl groups excluding tert-OH is 1. The minimum absolute atomic E-state index is 0.567.